The summed E-state index contributed by atoms with van der Waals surface area (Å²) in [6.45, 7) is 3.13. The summed E-state index contributed by atoms with van der Waals surface area (Å²) in [5, 5.41) is 11.3. The third-order valence-corrected chi connectivity index (χ3v) is 4.95. The molecule has 1 N–H and O–H groups in total. The third kappa shape index (κ3) is 4.54. The van der Waals surface area contributed by atoms with Gasteiger partial charge in [-0.15, -0.1) is 0 Å². The molecule has 1 saturated heterocycles. The van der Waals surface area contributed by atoms with Crippen LogP contribution in [0.3, 0.4) is 0 Å². The topological polar surface area (TPSA) is 36.4 Å². The third-order valence-electron chi connectivity index (χ3n) is 4.70. The maximum Gasteiger partial charge on any atom is 0.0819 e. The lowest BCUT2D eigenvalue weighted by atomic mass is 9.87. The number of aromatic nitrogens is 1. The van der Waals surface area contributed by atoms with Gasteiger partial charge in [0.05, 0.1) is 6.10 Å². The molecule has 1 aliphatic heterocycles. The van der Waals surface area contributed by atoms with Gasteiger partial charge in [0.2, 0.25) is 0 Å². The molecule has 1 fully saturated rings. The summed E-state index contributed by atoms with van der Waals surface area (Å²) in [4.78, 5) is 6.85. The summed E-state index contributed by atoms with van der Waals surface area (Å²) in [6.07, 6.45) is 4.53. The van der Waals surface area contributed by atoms with Gasteiger partial charge >= 0.3 is 0 Å². The number of hydrogen-bond acceptors (Lipinski definition) is 3. The first-order valence-electron chi connectivity index (χ1n) is 8.28. The van der Waals surface area contributed by atoms with Crippen molar-refractivity contribution >= 4 is 11.6 Å². The van der Waals surface area contributed by atoms with Gasteiger partial charge in [-0.2, -0.15) is 0 Å². The van der Waals surface area contributed by atoms with E-state index in [1.165, 1.54) is 0 Å². The Morgan fingerprint density at radius 1 is 1.13 bits per heavy atom. The monoisotopic (exact) mass is 330 g/mol. The Balaban J connectivity index is 1.47. The number of halogens is 1. The van der Waals surface area contributed by atoms with Gasteiger partial charge in [0.1, 0.15) is 0 Å². The Bertz CT molecular complexity index is 595. The number of likely N-dealkylation sites (tertiary alicyclic amines) is 1. The highest BCUT2D eigenvalue weighted by atomic mass is 35.5. The molecule has 2 aromatic rings. The predicted octanol–water partition coefficient (Wildman–Crippen LogP) is 3.72. The molecule has 1 unspecified atom stereocenters. The maximum atomic E-state index is 10.6. The SMILES string of the molecule is OC(c1ccc(Cl)cc1)C1CCN(CCc2ccccn2)CC1. The lowest BCUT2D eigenvalue weighted by Gasteiger charge is -2.34. The highest BCUT2D eigenvalue weighted by Gasteiger charge is 2.26. The van der Waals surface area contributed by atoms with Gasteiger partial charge in [-0.05, 0) is 61.7 Å². The molecule has 4 heteroatoms. The van der Waals surface area contributed by atoms with Crippen LogP contribution in [0.5, 0.6) is 0 Å². The lowest BCUT2D eigenvalue weighted by Crippen LogP contribution is -2.36. The van der Waals surface area contributed by atoms with Crippen molar-refractivity contribution in [3.05, 3.63) is 64.9 Å². The molecule has 122 valence electrons. The Morgan fingerprint density at radius 2 is 1.87 bits per heavy atom. The van der Waals surface area contributed by atoms with E-state index in [1.807, 2.05) is 42.6 Å². The van der Waals surface area contributed by atoms with E-state index < -0.39 is 0 Å². The average Bonchev–Trinajstić information content (AvgIpc) is 2.61. The van der Waals surface area contributed by atoms with Crippen LogP contribution >= 0.6 is 11.6 Å². The van der Waals surface area contributed by atoms with Crippen molar-refractivity contribution in [1.29, 1.82) is 0 Å². The van der Waals surface area contributed by atoms with Crippen molar-refractivity contribution in [3.8, 4) is 0 Å². The van der Waals surface area contributed by atoms with Crippen molar-refractivity contribution in [1.82, 2.24) is 9.88 Å². The van der Waals surface area contributed by atoms with E-state index in [-0.39, 0.29) is 6.10 Å². The summed E-state index contributed by atoms with van der Waals surface area (Å²) in [5.41, 5.74) is 2.12. The molecule has 0 amide bonds. The van der Waals surface area contributed by atoms with Gasteiger partial charge in [0.15, 0.2) is 0 Å². The van der Waals surface area contributed by atoms with Crippen molar-refractivity contribution in [2.24, 2.45) is 5.92 Å². The number of piperidine rings is 1. The molecule has 1 aliphatic rings. The Labute approximate surface area is 142 Å². The van der Waals surface area contributed by atoms with E-state index in [0.717, 1.165) is 50.2 Å². The summed E-state index contributed by atoms with van der Waals surface area (Å²) in [5.74, 6) is 0.335. The van der Waals surface area contributed by atoms with Gasteiger partial charge in [0, 0.05) is 29.9 Å². The van der Waals surface area contributed by atoms with Gasteiger partial charge in [-0.25, -0.2) is 0 Å². The molecule has 0 radical (unpaired) electrons. The van der Waals surface area contributed by atoms with E-state index in [2.05, 4.69) is 16.0 Å². The summed E-state index contributed by atoms with van der Waals surface area (Å²) >= 11 is 5.91. The number of hydrogen-bond donors (Lipinski definition) is 1. The van der Waals surface area contributed by atoms with Crippen LogP contribution in [0.1, 0.15) is 30.2 Å². The molecule has 23 heavy (non-hydrogen) atoms. The highest BCUT2D eigenvalue weighted by Crippen LogP contribution is 2.31. The summed E-state index contributed by atoms with van der Waals surface area (Å²) in [6, 6.07) is 13.6. The second kappa shape index (κ2) is 7.91. The van der Waals surface area contributed by atoms with Crippen LogP contribution in [0.25, 0.3) is 0 Å². The second-order valence-electron chi connectivity index (χ2n) is 6.25. The molecule has 0 bridgehead atoms. The molecule has 3 rings (SSSR count). The molecule has 2 heterocycles. The van der Waals surface area contributed by atoms with Gasteiger partial charge in [-0.1, -0.05) is 29.8 Å². The van der Waals surface area contributed by atoms with Gasteiger partial charge in [-0.3, -0.25) is 4.98 Å². The zero-order valence-corrected chi connectivity index (χ0v) is 14.0. The fraction of sp³-hybridized carbons (Fsp3) is 0.421. The minimum atomic E-state index is -0.384. The normalized spacial score (nSPS) is 18.0. The number of pyridine rings is 1. The smallest absolute Gasteiger partial charge is 0.0819 e. The van der Waals surface area contributed by atoms with Crippen LogP contribution in [0.2, 0.25) is 5.02 Å². The van der Waals surface area contributed by atoms with Crippen LogP contribution in [0.15, 0.2) is 48.7 Å². The van der Waals surface area contributed by atoms with Crippen LogP contribution in [-0.2, 0) is 6.42 Å². The van der Waals surface area contributed by atoms with Crippen molar-refractivity contribution in [2.45, 2.75) is 25.4 Å². The molecule has 1 aromatic heterocycles. The van der Waals surface area contributed by atoms with E-state index in [9.17, 15) is 5.11 Å². The molecule has 1 atom stereocenters. The largest absolute Gasteiger partial charge is 0.388 e. The first kappa shape index (κ1) is 16.4. The van der Waals surface area contributed by atoms with Gasteiger partial charge < -0.3 is 10.0 Å². The molecule has 3 nitrogen and oxygen atoms in total. The fourth-order valence-corrected chi connectivity index (χ4v) is 3.37. The Hall–Kier alpha value is -1.42. The number of nitrogens with zero attached hydrogens (tertiary/aromatic N) is 2. The summed E-state index contributed by atoms with van der Waals surface area (Å²) < 4.78 is 0. The predicted molar refractivity (Wildman–Crippen MR) is 93.5 cm³/mol. The van der Waals surface area contributed by atoms with Crippen LogP contribution < -0.4 is 0 Å². The van der Waals surface area contributed by atoms with Crippen molar-refractivity contribution < 1.29 is 5.11 Å². The van der Waals surface area contributed by atoms with E-state index in [1.54, 1.807) is 0 Å². The number of rotatable bonds is 5. The average molecular weight is 331 g/mol. The standard InChI is InChI=1S/C19H23ClN2O/c20-17-6-4-15(5-7-17)19(23)16-8-12-22(13-9-16)14-10-18-3-1-2-11-21-18/h1-7,11,16,19,23H,8-10,12-14H2. The lowest BCUT2D eigenvalue weighted by molar-refractivity contribution is 0.0591. The number of aliphatic hydroxyl groups is 1. The van der Waals surface area contributed by atoms with Crippen LogP contribution in [0.4, 0.5) is 0 Å². The molecule has 0 aliphatic carbocycles. The minimum Gasteiger partial charge on any atom is -0.388 e. The quantitative estimate of drug-likeness (QED) is 0.907. The van der Waals surface area contributed by atoms with E-state index in [4.69, 9.17) is 11.6 Å². The van der Waals surface area contributed by atoms with Gasteiger partial charge in [0.25, 0.3) is 0 Å². The van der Waals surface area contributed by atoms with E-state index in [0.29, 0.717) is 10.9 Å². The maximum absolute atomic E-state index is 10.6. The number of aliphatic hydroxyl groups excluding tert-OH is 1. The Morgan fingerprint density at radius 3 is 2.52 bits per heavy atom. The molecule has 0 spiro atoms. The molecule has 0 saturated carbocycles. The van der Waals surface area contributed by atoms with Crippen molar-refractivity contribution in [3.63, 3.8) is 0 Å². The Kier molecular flexibility index (Phi) is 5.65. The zero-order valence-electron chi connectivity index (χ0n) is 13.2. The molecular formula is C19H23ClN2O. The zero-order chi connectivity index (χ0) is 16.1. The fourth-order valence-electron chi connectivity index (χ4n) is 3.24. The molecule has 1 aromatic carbocycles. The molecular weight excluding hydrogens is 308 g/mol. The highest BCUT2D eigenvalue weighted by molar-refractivity contribution is 6.30. The summed E-state index contributed by atoms with van der Waals surface area (Å²) in [7, 11) is 0. The van der Waals surface area contributed by atoms with E-state index >= 15 is 0 Å². The van der Waals surface area contributed by atoms with Crippen LogP contribution in [0, 0.1) is 5.92 Å². The first-order valence-corrected chi connectivity index (χ1v) is 8.66. The minimum absolute atomic E-state index is 0.335. The second-order valence-corrected chi connectivity index (χ2v) is 6.68. The van der Waals surface area contributed by atoms with Crippen LogP contribution in [-0.4, -0.2) is 34.6 Å². The van der Waals surface area contributed by atoms with Crippen molar-refractivity contribution in [2.75, 3.05) is 19.6 Å². The first-order chi connectivity index (χ1) is 11.2. The number of benzene rings is 1.